The third kappa shape index (κ3) is 11.9. The summed E-state index contributed by atoms with van der Waals surface area (Å²) < 4.78 is 0. The number of piperazine rings is 1. The Morgan fingerprint density at radius 1 is 0.562 bits per heavy atom. The zero-order valence-corrected chi connectivity index (χ0v) is 6.29. The number of hydrogen-bond donors (Lipinski definition) is 2. The van der Waals surface area contributed by atoms with Gasteiger partial charge in [0, 0.05) is 39.5 Å². The lowest BCUT2D eigenvalue weighted by Crippen LogP contribution is -2.49. The summed E-state index contributed by atoms with van der Waals surface area (Å²) in [4.78, 5) is 4.46. The standard InChI is InChI=1S/C6H16N4.6CH4/c7-5-9-1-2-10(6-8)4-3-9;;;;;;/h1-8H2;6*1H4. The van der Waals surface area contributed by atoms with E-state index < -0.39 is 0 Å². The van der Waals surface area contributed by atoms with Gasteiger partial charge in [0.05, 0.1) is 0 Å². The van der Waals surface area contributed by atoms with Crippen molar-refractivity contribution in [2.75, 3.05) is 39.5 Å². The normalized spacial score (nSPS) is 14.6. The molecule has 4 heteroatoms. The molecule has 16 heavy (non-hydrogen) atoms. The van der Waals surface area contributed by atoms with Gasteiger partial charge in [-0.15, -0.1) is 0 Å². The van der Waals surface area contributed by atoms with E-state index in [2.05, 4.69) is 9.80 Å². The molecule has 0 spiro atoms. The van der Waals surface area contributed by atoms with Gasteiger partial charge in [0.25, 0.3) is 0 Å². The fourth-order valence-electron chi connectivity index (χ4n) is 1.15. The van der Waals surface area contributed by atoms with Crippen molar-refractivity contribution in [2.45, 2.75) is 44.6 Å². The Kier molecular flexibility index (Phi) is 45.7. The second-order valence-electron chi connectivity index (χ2n) is 2.60. The summed E-state index contributed by atoms with van der Waals surface area (Å²) in [6.45, 7) is 5.61. The molecular formula is C12H40N4. The minimum Gasteiger partial charge on any atom is -0.318 e. The zero-order chi connectivity index (χ0) is 7.40. The van der Waals surface area contributed by atoms with Gasteiger partial charge in [-0.2, -0.15) is 0 Å². The topological polar surface area (TPSA) is 58.5 Å². The van der Waals surface area contributed by atoms with Crippen LogP contribution in [0.3, 0.4) is 0 Å². The minimum absolute atomic E-state index is 0. The molecule has 1 fully saturated rings. The van der Waals surface area contributed by atoms with Crippen LogP contribution < -0.4 is 11.5 Å². The van der Waals surface area contributed by atoms with Crippen LogP contribution in [-0.2, 0) is 0 Å². The van der Waals surface area contributed by atoms with E-state index in [4.69, 9.17) is 11.5 Å². The van der Waals surface area contributed by atoms with Crippen LogP contribution in [0.1, 0.15) is 44.6 Å². The third-order valence-electron chi connectivity index (χ3n) is 1.98. The van der Waals surface area contributed by atoms with Crippen molar-refractivity contribution in [2.24, 2.45) is 11.5 Å². The molecule has 0 aromatic carbocycles. The molecule has 0 radical (unpaired) electrons. The van der Waals surface area contributed by atoms with Crippen molar-refractivity contribution < 1.29 is 0 Å². The summed E-state index contributed by atoms with van der Waals surface area (Å²) in [5.41, 5.74) is 10.9. The maximum absolute atomic E-state index is 5.47. The first-order valence-corrected chi connectivity index (χ1v) is 3.71. The van der Waals surface area contributed by atoms with Crippen molar-refractivity contribution >= 4 is 0 Å². The van der Waals surface area contributed by atoms with Gasteiger partial charge >= 0.3 is 0 Å². The van der Waals surface area contributed by atoms with Crippen LogP contribution >= 0.6 is 0 Å². The lowest BCUT2D eigenvalue weighted by Gasteiger charge is -2.32. The van der Waals surface area contributed by atoms with Crippen LogP contribution in [0.5, 0.6) is 0 Å². The average molecular weight is 240 g/mol. The molecule has 0 saturated carbocycles. The smallest absolute Gasteiger partial charge is 0.0456 e. The fourth-order valence-corrected chi connectivity index (χ4v) is 1.15. The number of rotatable bonds is 2. The maximum atomic E-state index is 5.47. The van der Waals surface area contributed by atoms with Crippen LogP contribution in [-0.4, -0.2) is 49.3 Å². The number of nitrogens with zero attached hydrogens (tertiary/aromatic N) is 2. The van der Waals surface area contributed by atoms with E-state index in [1.54, 1.807) is 0 Å². The Morgan fingerprint density at radius 3 is 0.875 bits per heavy atom. The maximum Gasteiger partial charge on any atom is 0.0456 e. The van der Waals surface area contributed by atoms with E-state index in [0.29, 0.717) is 13.3 Å². The van der Waals surface area contributed by atoms with E-state index in [1.807, 2.05) is 0 Å². The summed E-state index contributed by atoms with van der Waals surface area (Å²) >= 11 is 0. The predicted molar refractivity (Wildman–Crippen MR) is 81.6 cm³/mol. The van der Waals surface area contributed by atoms with Crippen molar-refractivity contribution in [3.8, 4) is 0 Å². The molecule has 4 N–H and O–H groups in total. The lowest BCUT2D eigenvalue weighted by atomic mass is 10.3. The largest absolute Gasteiger partial charge is 0.318 e. The predicted octanol–water partition coefficient (Wildman–Crippen LogP) is 2.25. The molecule has 0 atom stereocenters. The van der Waals surface area contributed by atoms with Crippen LogP contribution in [0.2, 0.25) is 0 Å². The molecular weight excluding hydrogens is 200 g/mol. The highest BCUT2D eigenvalue weighted by atomic mass is 15.3. The van der Waals surface area contributed by atoms with E-state index in [-0.39, 0.29) is 44.6 Å². The first-order valence-electron chi connectivity index (χ1n) is 3.71. The van der Waals surface area contributed by atoms with Gasteiger partial charge in [-0.1, -0.05) is 44.6 Å². The second-order valence-corrected chi connectivity index (χ2v) is 2.60. The molecule has 0 aromatic rings. The first kappa shape index (κ1) is 36.0. The van der Waals surface area contributed by atoms with Crippen LogP contribution in [0, 0.1) is 0 Å². The van der Waals surface area contributed by atoms with Gasteiger partial charge in [0.1, 0.15) is 0 Å². The highest BCUT2D eigenvalue weighted by Gasteiger charge is 2.12. The highest BCUT2D eigenvalue weighted by molar-refractivity contribution is 4.68. The van der Waals surface area contributed by atoms with Crippen LogP contribution in [0.25, 0.3) is 0 Å². The highest BCUT2D eigenvalue weighted by Crippen LogP contribution is 1.96. The molecule has 4 nitrogen and oxygen atoms in total. The van der Waals surface area contributed by atoms with Crippen molar-refractivity contribution in [1.29, 1.82) is 0 Å². The molecule has 1 aliphatic heterocycles. The number of hydrogen-bond acceptors (Lipinski definition) is 4. The molecule has 1 heterocycles. The monoisotopic (exact) mass is 240 g/mol. The first-order chi connectivity index (χ1) is 4.86. The van der Waals surface area contributed by atoms with E-state index in [9.17, 15) is 0 Å². The molecule has 108 valence electrons. The zero-order valence-electron chi connectivity index (χ0n) is 6.29. The average Bonchev–Trinajstić information content (AvgIpc) is 2.05. The molecule has 0 unspecified atom stereocenters. The van der Waals surface area contributed by atoms with Gasteiger partial charge in [-0.05, 0) is 0 Å². The van der Waals surface area contributed by atoms with Crippen LogP contribution in [0.4, 0.5) is 0 Å². The summed E-state index contributed by atoms with van der Waals surface area (Å²) in [6, 6.07) is 0. The summed E-state index contributed by atoms with van der Waals surface area (Å²) in [7, 11) is 0. The molecule has 0 aliphatic carbocycles. The summed E-state index contributed by atoms with van der Waals surface area (Å²) in [6.07, 6.45) is 0. The SMILES string of the molecule is C.C.C.C.C.C.NCN1CCN(CN)CC1. The molecule has 1 saturated heterocycles. The van der Waals surface area contributed by atoms with E-state index in [0.717, 1.165) is 26.2 Å². The van der Waals surface area contributed by atoms with Crippen molar-refractivity contribution in [3.05, 3.63) is 0 Å². The quantitative estimate of drug-likeness (QED) is 0.777. The molecule has 0 amide bonds. The summed E-state index contributed by atoms with van der Waals surface area (Å²) in [5, 5.41) is 0. The van der Waals surface area contributed by atoms with E-state index >= 15 is 0 Å². The number of nitrogens with two attached hydrogens (primary N) is 2. The van der Waals surface area contributed by atoms with Crippen molar-refractivity contribution in [1.82, 2.24) is 9.80 Å². The lowest BCUT2D eigenvalue weighted by molar-refractivity contribution is 0.137. The Bertz CT molecular complexity index is 79.0. The molecule has 0 bridgehead atoms. The fraction of sp³-hybridized carbons (Fsp3) is 1.00. The van der Waals surface area contributed by atoms with Gasteiger partial charge in [-0.3, -0.25) is 9.80 Å². The van der Waals surface area contributed by atoms with Gasteiger partial charge in [0.15, 0.2) is 0 Å². The summed E-state index contributed by atoms with van der Waals surface area (Å²) in [5.74, 6) is 0. The molecule has 1 aliphatic rings. The Labute approximate surface area is 106 Å². The Hall–Kier alpha value is -0.160. The van der Waals surface area contributed by atoms with Crippen molar-refractivity contribution in [3.63, 3.8) is 0 Å². The van der Waals surface area contributed by atoms with E-state index in [1.165, 1.54) is 0 Å². The minimum atomic E-state index is 0. The van der Waals surface area contributed by atoms with Gasteiger partial charge in [-0.25, -0.2) is 0 Å². The Morgan fingerprint density at radius 2 is 0.750 bits per heavy atom. The third-order valence-corrected chi connectivity index (χ3v) is 1.98. The van der Waals surface area contributed by atoms with Gasteiger partial charge < -0.3 is 11.5 Å². The second kappa shape index (κ2) is 20.3. The molecule has 1 rings (SSSR count). The molecule has 0 aromatic heterocycles. The van der Waals surface area contributed by atoms with Crippen LogP contribution in [0.15, 0.2) is 0 Å². The van der Waals surface area contributed by atoms with Gasteiger partial charge in [0.2, 0.25) is 0 Å². The Balaban J connectivity index is -0.0000000417.